The molecule has 1 aliphatic rings. The Balaban J connectivity index is 2.36. The second kappa shape index (κ2) is 2.79. The molecule has 0 atom stereocenters. The smallest absolute Gasteiger partial charge is 0.294 e. The van der Waals surface area contributed by atoms with Crippen LogP contribution in [0.4, 0.5) is 0 Å². The minimum atomic E-state index is -4.09. The second-order valence-corrected chi connectivity index (χ2v) is 5.08. The average molecular weight is 213 g/mol. The first-order valence-corrected chi connectivity index (χ1v) is 5.73. The molecule has 1 aromatic carbocycles. The van der Waals surface area contributed by atoms with Crippen LogP contribution in [0, 0.1) is 0 Å². The van der Waals surface area contributed by atoms with Crippen LogP contribution in [0.15, 0.2) is 29.2 Å². The Morgan fingerprint density at radius 2 is 1.71 bits per heavy atom. The Bertz CT molecular complexity index is 445. The van der Waals surface area contributed by atoms with Gasteiger partial charge in [0.15, 0.2) is 0 Å². The summed E-state index contributed by atoms with van der Waals surface area (Å²) in [5.74, 6) is 0. The molecule has 3 N–H and O–H groups in total. The van der Waals surface area contributed by atoms with E-state index in [1.807, 2.05) is 0 Å². The fourth-order valence-corrected chi connectivity index (χ4v) is 1.86. The van der Waals surface area contributed by atoms with Gasteiger partial charge in [-0.15, -0.1) is 0 Å². The van der Waals surface area contributed by atoms with Crippen LogP contribution in [0.25, 0.3) is 0 Å². The van der Waals surface area contributed by atoms with Crippen molar-refractivity contribution in [2.75, 3.05) is 0 Å². The van der Waals surface area contributed by atoms with E-state index in [-0.39, 0.29) is 10.4 Å². The van der Waals surface area contributed by atoms with Gasteiger partial charge in [-0.1, -0.05) is 12.1 Å². The number of benzene rings is 1. The molecular weight excluding hydrogens is 202 g/mol. The van der Waals surface area contributed by atoms with Crippen LogP contribution in [-0.4, -0.2) is 13.0 Å². The van der Waals surface area contributed by atoms with Crippen LogP contribution in [0.3, 0.4) is 0 Å². The zero-order chi connectivity index (χ0) is 10.4. The summed E-state index contributed by atoms with van der Waals surface area (Å²) in [5.41, 5.74) is 6.57. The predicted molar refractivity (Wildman–Crippen MR) is 51.4 cm³/mol. The number of hydrogen-bond acceptors (Lipinski definition) is 3. The van der Waals surface area contributed by atoms with E-state index in [0.29, 0.717) is 0 Å². The van der Waals surface area contributed by atoms with Gasteiger partial charge in [0.1, 0.15) is 0 Å². The zero-order valence-corrected chi connectivity index (χ0v) is 8.29. The lowest BCUT2D eigenvalue weighted by Gasteiger charge is -2.08. The maximum absolute atomic E-state index is 10.7. The SMILES string of the molecule is NC1(c2ccc(S(=O)(=O)O)cc2)CC1. The highest BCUT2D eigenvalue weighted by Gasteiger charge is 2.39. The van der Waals surface area contributed by atoms with E-state index in [1.54, 1.807) is 12.1 Å². The third-order valence-corrected chi connectivity index (χ3v) is 3.38. The lowest BCUT2D eigenvalue weighted by Crippen LogP contribution is -2.18. The topological polar surface area (TPSA) is 80.4 Å². The molecule has 0 radical (unpaired) electrons. The van der Waals surface area contributed by atoms with Crippen molar-refractivity contribution in [1.29, 1.82) is 0 Å². The summed E-state index contributed by atoms with van der Waals surface area (Å²) in [7, 11) is -4.09. The van der Waals surface area contributed by atoms with Crippen molar-refractivity contribution in [3.8, 4) is 0 Å². The van der Waals surface area contributed by atoms with Gasteiger partial charge in [-0.2, -0.15) is 8.42 Å². The van der Waals surface area contributed by atoms with Crippen molar-refractivity contribution in [3.63, 3.8) is 0 Å². The molecule has 0 saturated heterocycles. The molecule has 5 heteroatoms. The Kier molecular flexibility index (Phi) is 1.92. The molecular formula is C9H11NO3S. The maximum Gasteiger partial charge on any atom is 0.294 e. The van der Waals surface area contributed by atoms with Crippen molar-refractivity contribution < 1.29 is 13.0 Å². The van der Waals surface area contributed by atoms with Gasteiger partial charge in [-0.25, -0.2) is 0 Å². The molecule has 0 unspecified atom stereocenters. The van der Waals surface area contributed by atoms with Gasteiger partial charge in [0, 0.05) is 5.54 Å². The summed E-state index contributed by atoms with van der Waals surface area (Å²) < 4.78 is 30.2. The van der Waals surface area contributed by atoms with Crippen molar-refractivity contribution in [3.05, 3.63) is 29.8 Å². The van der Waals surface area contributed by atoms with Crippen LogP contribution in [0.2, 0.25) is 0 Å². The first-order chi connectivity index (χ1) is 6.42. The Labute approximate surface area is 82.5 Å². The van der Waals surface area contributed by atoms with E-state index in [0.717, 1.165) is 18.4 Å². The molecule has 0 spiro atoms. The quantitative estimate of drug-likeness (QED) is 0.715. The number of rotatable bonds is 2. The van der Waals surface area contributed by atoms with E-state index in [2.05, 4.69) is 0 Å². The van der Waals surface area contributed by atoms with E-state index in [4.69, 9.17) is 10.3 Å². The normalized spacial score (nSPS) is 19.3. The molecule has 4 nitrogen and oxygen atoms in total. The van der Waals surface area contributed by atoms with Gasteiger partial charge in [-0.3, -0.25) is 4.55 Å². The van der Waals surface area contributed by atoms with Crippen LogP contribution in [-0.2, 0) is 15.7 Å². The molecule has 1 aromatic rings. The molecule has 1 saturated carbocycles. The highest BCUT2D eigenvalue weighted by atomic mass is 32.2. The maximum atomic E-state index is 10.7. The molecule has 1 fully saturated rings. The van der Waals surface area contributed by atoms with E-state index in [1.165, 1.54) is 12.1 Å². The molecule has 0 bridgehead atoms. The summed E-state index contributed by atoms with van der Waals surface area (Å²) in [6, 6.07) is 6.04. The van der Waals surface area contributed by atoms with Gasteiger partial charge in [0.2, 0.25) is 0 Å². The fourth-order valence-electron chi connectivity index (χ4n) is 1.38. The predicted octanol–water partition coefficient (Wildman–Crippen LogP) is 0.881. The van der Waals surface area contributed by atoms with Gasteiger partial charge in [0.05, 0.1) is 4.90 Å². The van der Waals surface area contributed by atoms with Crippen LogP contribution in [0.1, 0.15) is 18.4 Å². The summed E-state index contributed by atoms with van der Waals surface area (Å²) in [4.78, 5) is -0.0921. The van der Waals surface area contributed by atoms with Crippen molar-refractivity contribution >= 4 is 10.1 Å². The molecule has 0 aliphatic heterocycles. The Morgan fingerprint density at radius 3 is 2.07 bits per heavy atom. The molecule has 0 amide bonds. The number of nitrogens with two attached hydrogens (primary N) is 1. The summed E-state index contributed by atoms with van der Waals surface area (Å²) in [6.07, 6.45) is 1.86. The summed E-state index contributed by atoms with van der Waals surface area (Å²) in [5, 5.41) is 0. The summed E-state index contributed by atoms with van der Waals surface area (Å²) >= 11 is 0. The van der Waals surface area contributed by atoms with Gasteiger partial charge >= 0.3 is 0 Å². The van der Waals surface area contributed by atoms with E-state index >= 15 is 0 Å². The lowest BCUT2D eigenvalue weighted by atomic mass is 10.1. The first kappa shape index (κ1) is 9.64. The van der Waals surface area contributed by atoms with E-state index < -0.39 is 10.1 Å². The Hall–Kier alpha value is -0.910. The van der Waals surface area contributed by atoms with Gasteiger partial charge in [0.25, 0.3) is 10.1 Å². The highest BCUT2D eigenvalue weighted by Crippen LogP contribution is 2.42. The molecule has 1 aliphatic carbocycles. The van der Waals surface area contributed by atoms with Gasteiger partial charge < -0.3 is 5.73 Å². The second-order valence-electron chi connectivity index (χ2n) is 3.66. The standard InChI is InChI=1S/C9H11NO3S/c10-9(5-6-9)7-1-3-8(4-2-7)14(11,12)13/h1-4H,5-6,10H2,(H,11,12,13). The van der Waals surface area contributed by atoms with Crippen LogP contribution < -0.4 is 5.73 Å². The fraction of sp³-hybridized carbons (Fsp3) is 0.333. The van der Waals surface area contributed by atoms with Gasteiger partial charge in [-0.05, 0) is 30.5 Å². The molecule has 14 heavy (non-hydrogen) atoms. The van der Waals surface area contributed by atoms with Crippen molar-refractivity contribution in [2.45, 2.75) is 23.3 Å². The molecule has 0 heterocycles. The average Bonchev–Trinajstić information content (AvgIpc) is 2.84. The third kappa shape index (κ3) is 1.66. The minimum absolute atomic E-state index is 0.0921. The molecule has 76 valence electrons. The molecule has 0 aromatic heterocycles. The van der Waals surface area contributed by atoms with Crippen molar-refractivity contribution in [2.24, 2.45) is 5.73 Å². The van der Waals surface area contributed by atoms with Crippen LogP contribution >= 0.6 is 0 Å². The highest BCUT2D eigenvalue weighted by molar-refractivity contribution is 7.85. The largest absolute Gasteiger partial charge is 0.321 e. The Morgan fingerprint density at radius 1 is 1.21 bits per heavy atom. The summed E-state index contributed by atoms with van der Waals surface area (Å²) in [6.45, 7) is 0. The van der Waals surface area contributed by atoms with Crippen LogP contribution in [0.5, 0.6) is 0 Å². The van der Waals surface area contributed by atoms with E-state index in [9.17, 15) is 8.42 Å². The number of hydrogen-bond donors (Lipinski definition) is 2. The molecule has 2 rings (SSSR count). The minimum Gasteiger partial charge on any atom is -0.321 e. The third-order valence-electron chi connectivity index (χ3n) is 2.52. The lowest BCUT2D eigenvalue weighted by molar-refractivity contribution is 0.483. The first-order valence-electron chi connectivity index (χ1n) is 4.29. The van der Waals surface area contributed by atoms with Crippen molar-refractivity contribution in [1.82, 2.24) is 0 Å². The monoisotopic (exact) mass is 213 g/mol. The zero-order valence-electron chi connectivity index (χ0n) is 7.47.